The number of nitrogens with one attached hydrogen (secondary N) is 2. The summed E-state index contributed by atoms with van der Waals surface area (Å²) in [6.07, 6.45) is 0.605. The minimum Gasteiger partial charge on any atom is -0.318 e. The molecule has 1 aliphatic rings. The molecule has 28 heavy (non-hydrogen) atoms. The van der Waals surface area contributed by atoms with Crippen LogP contribution in [0.2, 0.25) is 0 Å². The van der Waals surface area contributed by atoms with Gasteiger partial charge in [-0.25, -0.2) is 9.07 Å². The van der Waals surface area contributed by atoms with Gasteiger partial charge >= 0.3 is 0 Å². The first-order valence-corrected chi connectivity index (χ1v) is 8.86. The molecule has 1 aromatic heterocycles. The molecule has 2 aromatic carbocycles. The number of nitrogens with zero attached hydrogens (tertiary/aromatic N) is 3. The van der Waals surface area contributed by atoms with Crippen molar-refractivity contribution in [1.29, 1.82) is 0 Å². The Hall–Kier alpha value is -2.77. The Balaban J connectivity index is 0.00000225. The highest BCUT2D eigenvalue weighted by Gasteiger charge is 2.21. The number of anilines is 1. The first-order valence-electron chi connectivity index (χ1n) is 8.86. The lowest BCUT2D eigenvalue weighted by atomic mass is 9.99. The summed E-state index contributed by atoms with van der Waals surface area (Å²) < 4.78 is 16.4. The topological polar surface area (TPSA) is 71.8 Å². The van der Waals surface area contributed by atoms with Crippen molar-refractivity contribution >= 4 is 24.0 Å². The number of aromatic nitrogens is 3. The largest absolute Gasteiger partial charge is 0.318 e. The third-order valence-corrected chi connectivity index (χ3v) is 4.84. The van der Waals surface area contributed by atoms with Crippen molar-refractivity contribution < 1.29 is 9.18 Å². The van der Waals surface area contributed by atoms with E-state index in [4.69, 9.17) is 0 Å². The SMILES string of the molecule is Cc1ccc(-n2nnc(C(=O)Nc3ccc4c(c3F)CCNC4)c2C)cc1.Cl. The second-order valence-corrected chi connectivity index (χ2v) is 6.72. The summed E-state index contributed by atoms with van der Waals surface area (Å²) in [6.45, 7) is 5.14. The maximum absolute atomic E-state index is 14.8. The number of hydrogen-bond acceptors (Lipinski definition) is 4. The number of benzene rings is 2. The minimum absolute atomic E-state index is 0. The molecule has 0 bridgehead atoms. The van der Waals surface area contributed by atoms with Crippen molar-refractivity contribution in [1.82, 2.24) is 20.3 Å². The van der Waals surface area contributed by atoms with E-state index in [2.05, 4.69) is 20.9 Å². The molecule has 2 heterocycles. The van der Waals surface area contributed by atoms with E-state index in [1.807, 2.05) is 37.3 Å². The molecule has 1 aliphatic heterocycles. The lowest BCUT2D eigenvalue weighted by Crippen LogP contribution is -2.25. The van der Waals surface area contributed by atoms with E-state index in [9.17, 15) is 9.18 Å². The molecule has 0 fully saturated rings. The van der Waals surface area contributed by atoms with E-state index in [1.54, 1.807) is 17.7 Å². The summed E-state index contributed by atoms with van der Waals surface area (Å²) in [5.41, 5.74) is 4.48. The molecule has 0 radical (unpaired) electrons. The van der Waals surface area contributed by atoms with Crippen molar-refractivity contribution in [2.24, 2.45) is 0 Å². The number of carbonyl (C=O) groups excluding carboxylic acids is 1. The Bertz CT molecular complexity index is 1020. The molecule has 2 N–H and O–H groups in total. The monoisotopic (exact) mass is 401 g/mol. The number of rotatable bonds is 3. The summed E-state index contributed by atoms with van der Waals surface area (Å²) in [5, 5.41) is 13.9. The standard InChI is InChI=1S/C20H20FN5O.ClH/c1-12-3-6-15(7-4-12)26-13(2)19(24-25-26)20(27)23-17-8-5-14-11-22-10-9-16(14)18(17)21;/h3-8,22H,9-11H2,1-2H3,(H,23,27);1H. The van der Waals surface area contributed by atoms with Crippen LogP contribution in [-0.4, -0.2) is 27.4 Å². The molecule has 0 saturated heterocycles. The molecular formula is C20H21ClFN5O. The third-order valence-electron chi connectivity index (χ3n) is 4.84. The van der Waals surface area contributed by atoms with E-state index < -0.39 is 5.91 Å². The van der Waals surface area contributed by atoms with Crippen LogP contribution in [0.25, 0.3) is 5.69 Å². The molecule has 146 valence electrons. The first kappa shape index (κ1) is 20.0. The van der Waals surface area contributed by atoms with E-state index in [0.717, 1.165) is 23.4 Å². The molecule has 0 atom stereocenters. The molecule has 0 saturated carbocycles. The predicted octanol–water partition coefficient (Wildman–Crippen LogP) is 3.34. The zero-order valence-corrected chi connectivity index (χ0v) is 16.4. The fraction of sp³-hybridized carbons (Fsp3) is 0.250. The highest BCUT2D eigenvalue weighted by molar-refractivity contribution is 6.03. The zero-order valence-electron chi connectivity index (χ0n) is 15.6. The summed E-state index contributed by atoms with van der Waals surface area (Å²) in [4.78, 5) is 12.6. The molecular weight excluding hydrogens is 381 g/mol. The number of amides is 1. The average molecular weight is 402 g/mol. The van der Waals surface area contributed by atoms with Crippen LogP contribution in [0.15, 0.2) is 36.4 Å². The van der Waals surface area contributed by atoms with Crippen LogP contribution in [0, 0.1) is 19.7 Å². The molecule has 0 unspecified atom stereocenters. The van der Waals surface area contributed by atoms with Gasteiger partial charge in [-0.3, -0.25) is 4.79 Å². The molecule has 3 aromatic rings. The Labute approximate surface area is 168 Å². The van der Waals surface area contributed by atoms with Gasteiger partial charge < -0.3 is 10.6 Å². The van der Waals surface area contributed by atoms with Gasteiger partial charge in [-0.15, -0.1) is 17.5 Å². The summed E-state index contributed by atoms with van der Waals surface area (Å²) in [5.74, 6) is -0.843. The Morgan fingerprint density at radius 1 is 1.18 bits per heavy atom. The van der Waals surface area contributed by atoms with Gasteiger partial charge in [-0.05, 0) is 56.1 Å². The van der Waals surface area contributed by atoms with Gasteiger partial charge in [0.15, 0.2) is 5.69 Å². The Morgan fingerprint density at radius 3 is 2.68 bits per heavy atom. The Kier molecular flexibility index (Phi) is 5.76. The smallest absolute Gasteiger partial charge is 0.278 e. The number of fused-ring (bicyclic) bond motifs is 1. The number of carbonyl (C=O) groups is 1. The maximum Gasteiger partial charge on any atom is 0.278 e. The van der Waals surface area contributed by atoms with Crippen LogP contribution in [0.4, 0.5) is 10.1 Å². The lowest BCUT2D eigenvalue weighted by Gasteiger charge is -2.19. The quantitative estimate of drug-likeness (QED) is 0.706. The second kappa shape index (κ2) is 8.08. The summed E-state index contributed by atoms with van der Waals surface area (Å²) >= 11 is 0. The maximum atomic E-state index is 14.8. The number of aryl methyl sites for hydroxylation is 1. The highest BCUT2D eigenvalue weighted by atomic mass is 35.5. The highest BCUT2D eigenvalue weighted by Crippen LogP contribution is 2.25. The average Bonchev–Trinajstić information content (AvgIpc) is 3.06. The molecule has 8 heteroatoms. The molecule has 6 nitrogen and oxygen atoms in total. The van der Waals surface area contributed by atoms with Gasteiger partial charge in [0.2, 0.25) is 0 Å². The van der Waals surface area contributed by atoms with Gasteiger partial charge in [-0.1, -0.05) is 29.0 Å². The van der Waals surface area contributed by atoms with E-state index in [0.29, 0.717) is 24.2 Å². The van der Waals surface area contributed by atoms with E-state index >= 15 is 0 Å². The molecule has 0 aliphatic carbocycles. The van der Waals surface area contributed by atoms with Crippen LogP contribution in [0.3, 0.4) is 0 Å². The van der Waals surface area contributed by atoms with Crippen LogP contribution in [0.5, 0.6) is 0 Å². The van der Waals surface area contributed by atoms with E-state index in [-0.39, 0.29) is 29.6 Å². The number of hydrogen-bond donors (Lipinski definition) is 2. The van der Waals surface area contributed by atoms with Crippen LogP contribution >= 0.6 is 12.4 Å². The fourth-order valence-corrected chi connectivity index (χ4v) is 3.28. The predicted molar refractivity (Wildman–Crippen MR) is 108 cm³/mol. The molecule has 1 amide bonds. The third kappa shape index (κ3) is 3.63. The van der Waals surface area contributed by atoms with Gasteiger partial charge in [-0.2, -0.15) is 0 Å². The lowest BCUT2D eigenvalue weighted by molar-refractivity contribution is 0.102. The second-order valence-electron chi connectivity index (χ2n) is 6.72. The fourth-order valence-electron chi connectivity index (χ4n) is 3.28. The van der Waals surface area contributed by atoms with Crippen molar-refractivity contribution in [3.8, 4) is 5.69 Å². The van der Waals surface area contributed by atoms with Crippen molar-refractivity contribution in [3.05, 3.63) is 70.3 Å². The minimum atomic E-state index is -0.473. The normalized spacial score (nSPS) is 12.8. The molecule has 0 spiro atoms. The van der Waals surface area contributed by atoms with Gasteiger partial charge in [0, 0.05) is 6.54 Å². The van der Waals surface area contributed by atoms with E-state index in [1.165, 1.54) is 0 Å². The number of halogens is 2. The van der Waals surface area contributed by atoms with Crippen molar-refractivity contribution in [3.63, 3.8) is 0 Å². The van der Waals surface area contributed by atoms with Crippen LogP contribution in [0.1, 0.15) is 32.9 Å². The summed E-state index contributed by atoms with van der Waals surface area (Å²) in [7, 11) is 0. The first-order chi connectivity index (χ1) is 13.0. The Morgan fingerprint density at radius 2 is 1.93 bits per heavy atom. The van der Waals surface area contributed by atoms with Crippen LogP contribution in [-0.2, 0) is 13.0 Å². The zero-order chi connectivity index (χ0) is 19.0. The van der Waals surface area contributed by atoms with Gasteiger partial charge in [0.05, 0.1) is 17.1 Å². The van der Waals surface area contributed by atoms with Crippen molar-refractivity contribution in [2.75, 3.05) is 11.9 Å². The summed E-state index contributed by atoms with van der Waals surface area (Å²) in [6, 6.07) is 11.2. The van der Waals surface area contributed by atoms with Crippen LogP contribution < -0.4 is 10.6 Å². The molecule has 4 rings (SSSR count). The van der Waals surface area contributed by atoms with Gasteiger partial charge in [0.1, 0.15) is 5.82 Å². The van der Waals surface area contributed by atoms with Gasteiger partial charge in [0.25, 0.3) is 5.91 Å². The van der Waals surface area contributed by atoms with Crippen molar-refractivity contribution in [2.45, 2.75) is 26.8 Å².